The van der Waals surface area contributed by atoms with Crippen LogP contribution in [0.1, 0.15) is 20.8 Å². The van der Waals surface area contributed by atoms with Gasteiger partial charge in [0.05, 0.1) is 0 Å². The van der Waals surface area contributed by atoms with Crippen molar-refractivity contribution in [2.45, 2.75) is 38.9 Å². The lowest BCUT2D eigenvalue weighted by Crippen LogP contribution is -2.44. The molecule has 0 unspecified atom stereocenters. The summed E-state index contributed by atoms with van der Waals surface area (Å²) in [5, 5.41) is 7.56. The molecule has 0 spiro atoms. The van der Waals surface area contributed by atoms with Crippen LogP contribution in [-0.2, 0) is 0 Å². The van der Waals surface area contributed by atoms with E-state index in [4.69, 9.17) is 4.43 Å². The SMILES string of the molecule is CNc1ccc(O[Si](C)(C)C(C)(C)C)cc1P(c1ccccc1)c1ccccc1. The Balaban J connectivity index is 2.12. The summed E-state index contributed by atoms with van der Waals surface area (Å²) in [6.07, 6.45) is 0. The Morgan fingerprint density at radius 2 is 1.31 bits per heavy atom. The highest BCUT2D eigenvalue weighted by Crippen LogP contribution is 2.40. The summed E-state index contributed by atoms with van der Waals surface area (Å²) < 4.78 is 6.65. The second kappa shape index (κ2) is 8.73. The van der Waals surface area contributed by atoms with E-state index in [0.717, 1.165) is 11.4 Å². The Hall–Kier alpha value is -2.09. The molecule has 0 saturated heterocycles. The minimum absolute atomic E-state index is 0.165. The summed E-state index contributed by atoms with van der Waals surface area (Å²) in [5.41, 5.74) is 1.16. The van der Waals surface area contributed by atoms with Crippen molar-refractivity contribution in [3.63, 3.8) is 0 Å². The topological polar surface area (TPSA) is 21.3 Å². The molecule has 0 aliphatic heterocycles. The van der Waals surface area contributed by atoms with Gasteiger partial charge >= 0.3 is 0 Å². The molecule has 29 heavy (non-hydrogen) atoms. The molecule has 4 heteroatoms. The minimum Gasteiger partial charge on any atom is -0.543 e. The van der Waals surface area contributed by atoms with Crippen LogP contribution in [0.4, 0.5) is 5.69 Å². The zero-order chi connectivity index (χ0) is 21.1. The van der Waals surface area contributed by atoms with Gasteiger partial charge in [0.15, 0.2) is 0 Å². The summed E-state index contributed by atoms with van der Waals surface area (Å²) in [7, 11) is -0.592. The molecule has 0 radical (unpaired) electrons. The molecule has 3 aromatic rings. The van der Waals surface area contributed by atoms with Gasteiger partial charge in [-0.3, -0.25) is 0 Å². The Labute approximate surface area is 178 Å². The van der Waals surface area contributed by atoms with Gasteiger partial charge in [0.25, 0.3) is 0 Å². The van der Waals surface area contributed by atoms with Crippen LogP contribution in [-0.4, -0.2) is 15.4 Å². The first kappa shape index (κ1) is 21.6. The molecule has 0 fully saturated rings. The zero-order valence-corrected chi connectivity index (χ0v) is 20.3. The number of hydrogen-bond acceptors (Lipinski definition) is 2. The van der Waals surface area contributed by atoms with Gasteiger partial charge in [0.1, 0.15) is 5.75 Å². The Morgan fingerprint density at radius 3 is 1.76 bits per heavy atom. The van der Waals surface area contributed by atoms with Crippen LogP contribution in [0.2, 0.25) is 18.1 Å². The van der Waals surface area contributed by atoms with Gasteiger partial charge in [0.2, 0.25) is 8.32 Å². The summed E-state index contributed by atoms with van der Waals surface area (Å²) in [6, 6.07) is 28.2. The van der Waals surface area contributed by atoms with Crippen LogP contribution in [0.3, 0.4) is 0 Å². The smallest absolute Gasteiger partial charge is 0.250 e. The van der Waals surface area contributed by atoms with Crippen molar-refractivity contribution >= 4 is 37.8 Å². The lowest BCUT2D eigenvalue weighted by atomic mass is 10.2. The first-order valence-electron chi connectivity index (χ1n) is 10.1. The number of anilines is 1. The third kappa shape index (κ3) is 4.91. The summed E-state index contributed by atoms with van der Waals surface area (Å²) in [5.74, 6) is 0.977. The van der Waals surface area contributed by atoms with Crippen molar-refractivity contribution in [1.82, 2.24) is 0 Å². The van der Waals surface area contributed by atoms with E-state index in [0.29, 0.717) is 0 Å². The molecule has 1 N–H and O–H groups in total. The first-order valence-corrected chi connectivity index (χ1v) is 14.4. The predicted octanol–water partition coefficient (Wildman–Crippen LogP) is 5.87. The van der Waals surface area contributed by atoms with Gasteiger partial charge in [-0.1, -0.05) is 81.4 Å². The van der Waals surface area contributed by atoms with E-state index >= 15 is 0 Å². The van der Waals surface area contributed by atoms with Gasteiger partial charge < -0.3 is 9.74 Å². The van der Waals surface area contributed by atoms with Crippen molar-refractivity contribution in [3.05, 3.63) is 78.9 Å². The van der Waals surface area contributed by atoms with Gasteiger partial charge in [-0.2, -0.15) is 0 Å². The Morgan fingerprint density at radius 1 is 0.793 bits per heavy atom. The van der Waals surface area contributed by atoms with Crippen LogP contribution >= 0.6 is 7.92 Å². The quantitative estimate of drug-likeness (QED) is 0.397. The number of nitrogens with one attached hydrogen (secondary N) is 1. The number of hydrogen-bond donors (Lipinski definition) is 1. The molecule has 0 saturated carbocycles. The maximum absolute atomic E-state index is 6.65. The summed E-state index contributed by atoms with van der Waals surface area (Å²) in [4.78, 5) is 0. The molecule has 0 bridgehead atoms. The molecule has 0 aromatic heterocycles. The van der Waals surface area contributed by atoms with Gasteiger partial charge in [-0.15, -0.1) is 0 Å². The average molecular weight is 422 g/mol. The van der Waals surface area contributed by atoms with Crippen molar-refractivity contribution in [2.75, 3.05) is 12.4 Å². The molecule has 2 nitrogen and oxygen atoms in total. The van der Waals surface area contributed by atoms with Gasteiger partial charge in [0, 0.05) is 18.0 Å². The molecule has 0 aliphatic carbocycles. The molecular weight excluding hydrogens is 389 g/mol. The van der Waals surface area contributed by atoms with E-state index in [1.807, 2.05) is 7.05 Å². The van der Waals surface area contributed by atoms with Crippen molar-refractivity contribution < 1.29 is 4.43 Å². The normalized spacial score (nSPS) is 12.1. The van der Waals surface area contributed by atoms with Crippen LogP contribution in [0, 0.1) is 0 Å². The lowest BCUT2D eigenvalue weighted by molar-refractivity contribution is 0.492. The fourth-order valence-corrected chi connectivity index (χ4v) is 6.50. The highest BCUT2D eigenvalue weighted by molar-refractivity contribution is 7.80. The van der Waals surface area contributed by atoms with Crippen molar-refractivity contribution in [1.29, 1.82) is 0 Å². The average Bonchev–Trinajstić information content (AvgIpc) is 2.69. The number of benzene rings is 3. The third-order valence-electron chi connectivity index (χ3n) is 5.69. The Kier molecular flexibility index (Phi) is 6.51. The second-order valence-electron chi connectivity index (χ2n) is 8.80. The highest BCUT2D eigenvalue weighted by atomic mass is 31.1. The van der Waals surface area contributed by atoms with E-state index < -0.39 is 16.2 Å². The van der Waals surface area contributed by atoms with Crippen LogP contribution in [0.15, 0.2) is 78.9 Å². The van der Waals surface area contributed by atoms with E-state index in [1.165, 1.54) is 15.9 Å². The largest absolute Gasteiger partial charge is 0.543 e. The number of rotatable bonds is 6. The zero-order valence-electron chi connectivity index (χ0n) is 18.4. The summed E-state index contributed by atoms with van der Waals surface area (Å²) in [6.45, 7) is 11.4. The molecular formula is C25H32NOPSi. The van der Waals surface area contributed by atoms with Crippen LogP contribution in [0.25, 0.3) is 0 Å². The van der Waals surface area contributed by atoms with E-state index in [1.54, 1.807) is 0 Å². The van der Waals surface area contributed by atoms with Gasteiger partial charge in [-0.25, -0.2) is 0 Å². The third-order valence-corrected chi connectivity index (χ3v) is 12.5. The predicted molar refractivity (Wildman–Crippen MR) is 133 cm³/mol. The van der Waals surface area contributed by atoms with E-state index in [2.05, 4.69) is 118 Å². The first-order chi connectivity index (χ1) is 13.7. The van der Waals surface area contributed by atoms with Crippen LogP contribution < -0.4 is 25.7 Å². The summed E-state index contributed by atoms with van der Waals surface area (Å²) >= 11 is 0. The maximum atomic E-state index is 6.65. The fraction of sp³-hybridized carbons (Fsp3) is 0.280. The van der Waals surface area contributed by atoms with E-state index in [-0.39, 0.29) is 5.04 Å². The van der Waals surface area contributed by atoms with Crippen molar-refractivity contribution in [2.24, 2.45) is 0 Å². The van der Waals surface area contributed by atoms with Crippen molar-refractivity contribution in [3.8, 4) is 5.75 Å². The Bertz CT molecular complexity index is 897. The fourth-order valence-electron chi connectivity index (χ4n) is 3.00. The molecule has 0 aliphatic rings. The molecule has 3 rings (SSSR count). The molecule has 0 heterocycles. The van der Waals surface area contributed by atoms with Gasteiger partial charge in [-0.05, 0) is 54.9 Å². The maximum Gasteiger partial charge on any atom is 0.250 e. The minimum atomic E-state index is -1.90. The second-order valence-corrected chi connectivity index (χ2v) is 15.7. The molecule has 0 amide bonds. The van der Waals surface area contributed by atoms with Crippen LogP contribution in [0.5, 0.6) is 5.75 Å². The monoisotopic (exact) mass is 421 g/mol. The lowest BCUT2D eigenvalue weighted by Gasteiger charge is -2.36. The molecule has 0 atom stereocenters. The van der Waals surface area contributed by atoms with E-state index in [9.17, 15) is 0 Å². The standard InChI is InChI=1S/C25H32NOPSi/c1-25(2,3)29(5,6)27-20-17-18-23(26-4)24(19-20)28(21-13-9-7-10-14-21)22-15-11-8-12-16-22/h7-19,26H,1-6H3. The molecule has 152 valence electrons. The molecule has 3 aromatic carbocycles. The highest BCUT2D eigenvalue weighted by Gasteiger charge is 2.39.